The van der Waals surface area contributed by atoms with Crippen LogP contribution in [-0.4, -0.2) is 33.3 Å². The molecular weight excluding hydrogens is 178 g/mol. The van der Waals surface area contributed by atoms with E-state index in [2.05, 4.69) is 32.8 Å². The van der Waals surface area contributed by atoms with Crippen LogP contribution in [0, 0.1) is 11.3 Å². The highest BCUT2D eigenvalue weighted by Crippen LogP contribution is 2.16. The van der Waals surface area contributed by atoms with Crippen LogP contribution in [-0.2, 0) is 13.1 Å². The first-order valence-corrected chi connectivity index (χ1v) is 4.72. The minimum absolute atomic E-state index is 0.167. The molecule has 5 heteroatoms. The molecule has 0 saturated heterocycles. The summed E-state index contributed by atoms with van der Waals surface area (Å²) < 4.78 is 2.06. The van der Waals surface area contributed by atoms with Crippen LogP contribution in [0.1, 0.15) is 24.5 Å². The van der Waals surface area contributed by atoms with Gasteiger partial charge in [-0.1, -0.05) is 0 Å². The van der Waals surface area contributed by atoms with Crippen molar-refractivity contribution < 1.29 is 0 Å². The standard InChI is InChI=1S/C9H13N5/c1-7(5-10)9-12-11-8-6-13(2)3-4-14(8)9/h7H,3-4,6H2,1-2H3. The van der Waals surface area contributed by atoms with Crippen molar-refractivity contribution in [3.05, 3.63) is 11.6 Å². The van der Waals surface area contributed by atoms with E-state index in [0.717, 1.165) is 31.3 Å². The Labute approximate surface area is 83.0 Å². The molecule has 2 rings (SSSR count). The minimum atomic E-state index is -0.167. The Bertz CT molecular complexity index is 375. The Hall–Kier alpha value is -1.41. The first-order chi connectivity index (χ1) is 6.72. The van der Waals surface area contributed by atoms with Crippen molar-refractivity contribution in [3.8, 4) is 6.07 Å². The first-order valence-electron chi connectivity index (χ1n) is 4.72. The van der Waals surface area contributed by atoms with Gasteiger partial charge in [-0.25, -0.2) is 0 Å². The molecule has 0 radical (unpaired) electrons. The maximum Gasteiger partial charge on any atom is 0.150 e. The lowest BCUT2D eigenvalue weighted by Crippen LogP contribution is -2.31. The van der Waals surface area contributed by atoms with Crippen molar-refractivity contribution in [2.45, 2.75) is 25.9 Å². The van der Waals surface area contributed by atoms with E-state index in [9.17, 15) is 0 Å². The van der Waals surface area contributed by atoms with E-state index in [4.69, 9.17) is 5.26 Å². The lowest BCUT2D eigenvalue weighted by molar-refractivity contribution is 0.262. The van der Waals surface area contributed by atoms with Gasteiger partial charge in [-0.15, -0.1) is 10.2 Å². The number of fused-ring (bicyclic) bond motifs is 1. The molecule has 2 heterocycles. The number of nitriles is 1. The van der Waals surface area contributed by atoms with E-state index >= 15 is 0 Å². The van der Waals surface area contributed by atoms with Gasteiger partial charge in [0.1, 0.15) is 17.6 Å². The predicted octanol–water partition coefficient (Wildman–Crippen LogP) is 0.351. The normalized spacial score (nSPS) is 18.6. The third kappa shape index (κ3) is 1.38. The average molecular weight is 191 g/mol. The predicted molar refractivity (Wildman–Crippen MR) is 50.4 cm³/mol. The Morgan fingerprint density at radius 3 is 2.93 bits per heavy atom. The maximum absolute atomic E-state index is 8.82. The fourth-order valence-corrected chi connectivity index (χ4v) is 1.68. The summed E-state index contributed by atoms with van der Waals surface area (Å²) in [5.74, 6) is 1.60. The molecule has 0 fully saturated rings. The summed E-state index contributed by atoms with van der Waals surface area (Å²) in [6.45, 7) is 4.57. The monoisotopic (exact) mass is 191 g/mol. The number of nitrogens with zero attached hydrogens (tertiary/aromatic N) is 5. The smallest absolute Gasteiger partial charge is 0.150 e. The van der Waals surface area contributed by atoms with Crippen molar-refractivity contribution in [2.75, 3.05) is 13.6 Å². The molecule has 0 amide bonds. The van der Waals surface area contributed by atoms with Gasteiger partial charge >= 0.3 is 0 Å². The molecule has 0 bridgehead atoms. The molecule has 0 aliphatic carbocycles. The molecule has 1 unspecified atom stereocenters. The second-order valence-electron chi connectivity index (χ2n) is 3.71. The summed E-state index contributed by atoms with van der Waals surface area (Å²) in [7, 11) is 2.06. The van der Waals surface area contributed by atoms with Gasteiger partial charge in [0.05, 0.1) is 12.6 Å². The molecule has 1 aromatic rings. The van der Waals surface area contributed by atoms with Crippen molar-refractivity contribution >= 4 is 0 Å². The Balaban J connectivity index is 2.34. The van der Waals surface area contributed by atoms with Crippen molar-refractivity contribution in [1.29, 1.82) is 5.26 Å². The van der Waals surface area contributed by atoms with Crippen LogP contribution in [0.4, 0.5) is 0 Å². The van der Waals surface area contributed by atoms with Gasteiger partial charge in [0.2, 0.25) is 0 Å². The van der Waals surface area contributed by atoms with E-state index < -0.39 is 0 Å². The van der Waals surface area contributed by atoms with Crippen LogP contribution in [0.5, 0.6) is 0 Å². The van der Waals surface area contributed by atoms with Crippen molar-refractivity contribution in [2.24, 2.45) is 0 Å². The number of hydrogen-bond donors (Lipinski definition) is 0. The lowest BCUT2D eigenvalue weighted by atomic mass is 10.2. The molecule has 1 atom stereocenters. The highest BCUT2D eigenvalue weighted by molar-refractivity contribution is 5.10. The van der Waals surface area contributed by atoms with Crippen molar-refractivity contribution in [1.82, 2.24) is 19.7 Å². The summed E-state index contributed by atoms with van der Waals surface area (Å²) in [5, 5.41) is 17.0. The van der Waals surface area contributed by atoms with E-state index in [1.807, 2.05) is 6.92 Å². The Kier molecular flexibility index (Phi) is 2.22. The second kappa shape index (κ2) is 3.39. The van der Waals surface area contributed by atoms with Crippen LogP contribution in [0.3, 0.4) is 0 Å². The van der Waals surface area contributed by atoms with Crippen LogP contribution in [0.15, 0.2) is 0 Å². The minimum Gasteiger partial charge on any atom is -0.311 e. The molecule has 5 nitrogen and oxygen atoms in total. The number of rotatable bonds is 1. The van der Waals surface area contributed by atoms with Crippen molar-refractivity contribution in [3.63, 3.8) is 0 Å². The topological polar surface area (TPSA) is 57.7 Å². The second-order valence-corrected chi connectivity index (χ2v) is 3.71. The van der Waals surface area contributed by atoms with Crippen LogP contribution in [0.25, 0.3) is 0 Å². The fourth-order valence-electron chi connectivity index (χ4n) is 1.68. The zero-order chi connectivity index (χ0) is 10.1. The third-order valence-corrected chi connectivity index (χ3v) is 2.55. The highest BCUT2D eigenvalue weighted by atomic mass is 15.3. The number of hydrogen-bond acceptors (Lipinski definition) is 4. The average Bonchev–Trinajstić information content (AvgIpc) is 2.59. The molecule has 0 aromatic carbocycles. The van der Waals surface area contributed by atoms with Gasteiger partial charge in [-0.2, -0.15) is 5.26 Å². The van der Waals surface area contributed by atoms with E-state index in [1.54, 1.807) is 0 Å². The fraction of sp³-hybridized carbons (Fsp3) is 0.667. The van der Waals surface area contributed by atoms with Gasteiger partial charge in [0, 0.05) is 13.1 Å². The highest BCUT2D eigenvalue weighted by Gasteiger charge is 2.21. The van der Waals surface area contributed by atoms with Gasteiger partial charge in [-0.3, -0.25) is 4.90 Å². The van der Waals surface area contributed by atoms with E-state index in [1.165, 1.54) is 0 Å². The van der Waals surface area contributed by atoms with E-state index in [0.29, 0.717) is 0 Å². The number of likely N-dealkylation sites (N-methyl/N-ethyl adjacent to an activating group) is 1. The zero-order valence-electron chi connectivity index (χ0n) is 8.43. The molecule has 1 aromatic heterocycles. The summed E-state index contributed by atoms with van der Waals surface area (Å²) >= 11 is 0. The third-order valence-electron chi connectivity index (χ3n) is 2.55. The molecule has 0 N–H and O–H groups in total. The molecule has 1 aliphatic heterocycles. The Morgan fingerprint density at radius 1 is 1.43 bits per heavy atom. The summed E-state index contributed by atoms with van der Waals surface area (Å²) in [6, 6.07) is 2.19. The van der Waals surface area contributed by atoms with Gasteiger partial charge in [0.15, 0.2) is 0 Å². The van der Waals surface area contributed by atoms with Gasteiger partial charge in [0.25, 0.3) is 0 Å². The first kappa shape index (κ1) is 9.16. The van der Waals surface area contributed by atoms with Gasteiger partial charge < -0.3 is 4.57 Å². The SMILES string of the molecule is CC(C#N)c1nnc2n1CCN(C)C2. The summed E-state index contributed by atoms with van der Waals surface area (Å²) in [6.07, 6.45) is 0. The van der Waals surface area contributed by atoms with E-state index in [-0.39, 0.29) is 5.92 Å². The Morgan fingerprint density at radius 2 is 2.21 bits per heavy atom. The van der Waals surface area contributed by atoms with Crippen LogP contribution in [0.2, 0.25) is 0 Å². The molecule has 0 spiro atoms. The summed E-state index contributed by atoms with van der Waals surface area (Å²) in [4.78, 5) is 2.20. The quantitative estimate of drug-likeness (QED) is 0.642. The largest absolute Gasteiger partial charge is 0.311 e. The molecule has 0 saturated carbocycles. The molecule has 14 heavy (non-hydrogen) atoms. The molecule has 74 valence electrons. The van der Waals surface area contributed by atoms with Crippen LogP contribution < -0.4 is 0 Å². The van der Waals surface area contributed by atoms with Gasteiger partial charge in [-0.05, 0) is 14.0 Å². The maximum atomic E-state index is 8.82. The molecule has 1 aliphatic rings. The number of aromatic nitrogens is 3. The zero-order valence-corrected chi connectivity index (χ0v) is 8.43. The van der Waals surface area contributed by atoms with Crippen LogP contribution >= 0.6 is 0 Å². The lowest BCUT2D eigenvalue weighted by Gasteiger charge is -2.23. The summed E-state index contributed by atoms with van der Waals surface area (Å²) in [5.41, 5.74) is 0. The molecular formula is C9H13N5.